The molecule has 154 valence electrons. The Morgan fingerprint density at radius 2 is 2.23 bits per heavy atom. The summed E-state index contributed by atoms with van der Waals surface area (Å²) in [6.45, 7) is -0.0172. The predicted octanol–water partition coefficient (Wildman–Crippen LogP) is 3.48. The third-order valence-electron chi connectivity index (χ3n) is 4.45. The molecule has 0 saturated carbocycles. The van der Waals surface area contributed by atoms with Crippen molar-refractivity contribution in [3.63, 3.8) is 0 Å². The number of esters is 1. The number of carbonyl (C=O) groups excluding carboxylic acids is 1. The summed E-state index contributed by atoms with van der Waals surface area (Å²) in [6.07, 6.45) is 4.88. The summed E-state index contributed by atoms with van der Waals surface area (Å²) in [6, 6.07) is 7.56. The number of thiophene rings is 1. The van der Waals surface area contributed by atoms with E-state index in [1.807, 2.05) is 23.6 Å². The fourth-order valence-electron chi connectivity index (χ4n) is 3.08. The molecule has 2 N–H and O–H groups in total. The molecule has 0 saturated heterocycles. The van der Waals surface area contributed by atoms with E-state index in [2.05, 4.69) is 9.98 Å². The van der Waals surface area contributed by atoms with Crippen LogP contribution in [0.1, 0.15) is 26.6 Å². The van der Waals surface area contributed by atoms with Crippen LogP contribution in [-0.4, -0.2) is 47.6 Å². The fourth-order valence-corrected chi connectivity index (χ4v) is 3.84. The topological polar surface area (TPSA) is 108 Å². The Bertz CT molecular complexity index is 1120. The highest BCUT2D eigenvalue weighted by atomic mass is 32.1. The number of fused-ring (bicyclic) bond motifs is 1. The van der Waals surface area contributed by atoms with E-state index in [4.69, 9.17) is 14.3 Å². The lowest BCUT2D eigenvalue weighted by Gasteiger charge is -2.16. The van der Waals surface area contributed by atoms with Crippen LogP contribution in [0.25, 0.3) is 11.6 Å². The first-order valence-electron chi connectivity index (χ1n) is 9.17. The molecule has 8 nitrogen and oxygen atoms in total. The molecule has 0 fully saturated rings. The number of aromatic nitrogens is 1. The van der Waals surface area contributed by atoms with E-state index in [0.717, 1.165) is 10.4 Å². The van der Waals surface area contributed by atoms with Crippen molar-refractivity contribution in [2.45, 2.75) is 6.54 Å². The van der Waals surface area contributed by atoms with Crippen molar-refractivity contribution in [2.75, 3.05) is 25.2 Å². The van der Waals surface area contributed by atoms with Crippen molar-refractivity contribution in [3.8, 4) is 5.75 Å². The number of hydrogen-bond donors (Lipinski definition) is 2. The van der Waals surface area contributed by atoms with Crippen LogP contribution in [0.4, 0.5) is 11.7 Å². The van der Waals surface area contributed by atoms with Gasteiger partial charge in [0.2, 0.25) is 5.88 Å². The molecule has 1 aliphatic rings. The molecular weight excluding hydrogens is 406 g/mol. The maximum Gasteiger partial charge on any atom is 0.347 e. The van der Waals surface area contributed by atoms with Gasteiger partial charge in [-0.2, -0.15) is 0 Å². The summed E-state index contributed by atoms with van der Waals surface area (Å²) in [7, 11) is 1.76. The molecule has 1 aliphatic heterocycles. The lowest BCUT2D eigenvalue weighted by molar-refractivity contribution is 0.0431. The van der Waals surface area contributed by atoms with Crippen molar-refractivity contribution in [3.05, 3.63) is 57.6 Å². The van der Waals surface area contributed by atoms with E-state index in [-0.39, 0.29) is 36.2 Å². The summed E-state index contributed by atoms with van der Waals surface area (Å²) in [5.74, 6) is -0.240. The van der Waals surface area contributed by atoms with E-state index >= 15 is 0 Å². The molecule has 4 heterocycles. The maximum atomic E-state index is 12.6. The van der Waals surface area contributed by atoms with Crippen LogP contribution in [0.5, 0.6) is 5.75 Å². The number of pyridine rings is 1. The minimum atomic E-state index is -0.773. The zero-order valence-electron chi connectivity index (χ0n) is 16.1. The highest BCUT2D eigenvalue weighted by molar-refractivity contribution is 7.09. The number of aromatic hydroxyl groups is 1. The quantitative estimate of drug-likeness (QED) is 0.558. The predicted molar refractivity (Wildman–Crippen MR) is 114 cm³/mol. The molecule has 0 unspecified atom stereocenters. The second-order valence-electron chi connectivity index (χ2n) is 6.52. The number of ether oxygens (including phenoxy) is 1. The van der Waals surface area contributed by atoms with E-state index in [1.54, 1.807) is 47.8 Å². The highest BCUT2D eigenvalue weighted by Gasteiger charge is 2.29. The van der Waals surface area contributed by atoms with Crippen LogP contribution in [-0.2, 0) is 11.3 Å². The van der Waals surface area contributed by atoms with Gasteiger partial charge in [0.15, 0.2) is 22.9 Å². The van der Waals surface area contributed by atoms with Gasteiger partial charge in [-0.15, -0.1) is 11.3 Å². The van der Waals surface area contributed by atoms with Crippen LogP contribution < -0.4 is 4.90 Å². The summed E-state index contributed by atoms with van der Waals surface area (Å²) in [4.78, 5) is 23.8. The van der Waals surface area contributed by atoms with Gasteiger partial charge in [-0.1, -0.05) is 6.07 Å². The van der Waals surface area contributed by atoms with Crippen molar-refractivity contribution >= 4 is 46.9 Å². The molecule has 0 aliphatic carbocycles. The summed E-state index contributed by atoms with van der Waals surface area (Å²) in [5.41, 5.74) is 1.41. The Morgan fingerprint density at radius 3 is 3.00 bits per heavy atom. The maximum absolute atomic E-state index is 12.6. The molecule has 0 radical (unpaired) electrons. The van der Waals surface area contributed by atoms with Gasteiger partial charge >= 0.3 is 5.97 Å². The number of furan rings is 1. The van der Waals surface area contributed by atoms with Gasteiger partial charge in [-0.05, 0) is 29.7 Å². The molecule has 30 heavy (non-hydrogen) atoms. The summed E-state index contributed by atoms with van der Waals surface area (Å²) >= 11 is 1.57. The number of allylic oxidation sites excluding steroid dienone is 1. The number of aliphatic hydroxyl groups is 1. The third-order valence-corrected chi connectivity index (χ3v) is 5.31. The van der Waals surface area contributed by atoms with Gasteiger partial charge in [0, 0.05) is 35.5 Å². The van der Waals surface area contributed by atoms with Crippen molar-refractivity contribution in [2.24, 2.45) is 4.99 Å². The average Bonchev–Trinajstić information content (AvgIpc) is 3.47. The van der Waals surface area contributed by atoms with Gasteiger partial charge in [0.25, 0.3) is 0 Å². The van der Waals surface area contributed by atoms with Crippen LogP contribution in [0.3, 0.4) is 0 Å². The fraction of sp³-hybridized carbons (Fsp3) is 0.190. The Labute approximate surface area is 176 Å². The van der Waals surface area contributed by atoms with E-state index in [1.165, 1.54) is 0 Å². The van der Waals surface area contributed by atoms with Gasteiger partial charge in [0.1, 0.15) is 6.61 Å². The van der Waals surface area contributed by atoms with Crippen molar-refractivity contribution < 1.29 is 24.2 Å². The Morgan fingerprint density at radius 1 is 1.37 bits per heavy atom. The van der Waals surface area contributed by atoms with Crippen molar-refractivity contribution in [1.82, 2.24) is 4.98 Å². The Balaban J connectivity index is 1.73. The van der Waals surface area contributed by atoms with E-state index in [9.17, 15) is 9.90 Å². The monoisotopic (exact) mass is 425 g/mol. The van der Waals surface area contributed by atoms with Crippen LogP contribution in [0, 0.1) is 0 Å². The molecule has 0 atom stereocenters. The van der Waals surface area contributed by atoms with Crippen LogP contribution in [0.2, 0.25) is 0 Å². The normalized spacial score (nSPS) is 13.6. The summed E-state index contributed by atoms with van der Waals surface area (Å²) < 4.78 is 10.9. The van der Waals surface area contributed by atoms with Gasteiger partial charge in [0.05, 0.1) is 13.2 Å². The van der Waals surface area contributed by atoms with Gasteiger partial charge in [-0.25, -0.2) is 14.8 Å². The number of nitrogens with zero attached hydrogens (tertiary/aromatic N) is 3. The Hall–Kier alpha value is -3.43. The largest absolute Gasteiger partial charge is 0.504 e. The number of anilines is 1. The number of hydrogen-bond acceptors (Lipinski definition) is 9. The van der Waals surface area contributed by atoms with Crippen molar-refractivity contribution in [1.29, 1.82) is 0 Å². The SMILES string of the molecule is CN(Cc1cccs1)c1oc(C=C2C=Nc3ncccc32)c(O)c1C(=O)OCCO. The zero-order chi connectivity index (χ0) is 21.1. The van der Waals surface area contributed by atoms with Gasteiger partial charge < -0.3 is 24.3 Å². The highest BCUT2D eigenvalue weighted by Crippen LogP contribution is 2.40. The number of carbonyl (C=O) groups is 1. The van der Waals surface area contributed by atoms with E-state index < -0.39 is 5.97 Å². The third kappa shape index (κ3) is 3.85. The molecule has 4 rings (SSSR count). The minimum absolute atomic E-state index is 0.0873. The second-order valence-corrected chi connectivity index (χ2v) is 7.55. The Kier molecular flexibility index (Phi) is 5.64. The molecule has 0 spiro atoms. The molecule has 3 aromatic rings. The van der Waals surface area contributed by atoms with Crippen LogP contribution in [0.15, 0.2) is 45.3 Å². The lowest BCUT2D eigenvalue weighted by atomic mass is 10.1. The second kappa shape index (κ2) is 8.52. The number of aliphatic imine (C=N–C) groups is 1. The first-order valence-corrected chi connectivity index (χ1v) is 10.0. The lowest BCUT2D eigenvalue weighted by Crippen LogP contribution is -2.19. The first kappa shape index (κ1) is 19.9. The average molecular weight is 425 g/mol. The molecule has 3 aromatic heterocycles. The first-order chi connectivity index (χ1) is 14.6. The van der Waals surface area contributed by atoms with Crippen LogP contribution >= 0.6 is 11.3 Å². The molecule has 9 heteroatoms. The zero-order valence-corrected chi connectivity index (χ0v) is 16.9. The molecular formula is C21H19N3O5S. The molecule has 0 bridgehead atoms. The standard InChI is InChI=1S/C21H19N3O5S/c1-24(12-14-4-3-9-30-14)20-17(21(27)28-8-7-25)18(26)16(29-20)10-13-11-23-19-15(13)5-2-6-22-19/h2-6,9-11,25-26H,7-8,12H2,1H3. The molecule has 0 amide bonds. The smallest absolute Gasteiger partial charge is 0.347 e. The minimum Gasteiger partial charge on any atom is -0.504 e. The molecule has 0 aromatic carbocycles. The summed E-state index contributed by atoms with van der Waals surface area (Å²) in [5, 5.41) is 21.7. The van der Waals surface area contributed by atoms with Gasteiger partial charge in [-0.3, -0.25) is 0 Å². The number of rotatable bonds is 7. The number of aliphatic hydroxyl groups excluding tert-OH is 1. The van der Waals surface area contributed by atoms with E-state index in [0.29, 0.717) is 17.9 Å².